The van der Waals surface area contributed by atoms with Crippen LogP contribution in [0.15, 0.2) is 81.2 Å². The number of hydrogen-bond acceptors (Lipinski definition) is 10. The summed E-state index contributed by atoms with van der Waals surface area (Å²) in [5.74, 6) is 4.10. The van der Waals surface area contributed by atoms with Crippen LogP contribution in [0, 0.1) is 36.0 Å². The number of likely N-dealkylation sites (tertiary alicyclic amines) is 1. The van der Waals surface area contributed by atoms with E-state index in [0.717, 1.165) is 110 Å². The molecule has 1 aliphatic heterocycles. The SMILES string of the molecule is C=C/C(C)=N\C(N)=C(\Sc1cccc(Cl)c1Cl)C(C)CC.CC(C)C.CC=O.CCC(C)c1ccc(-c2scnc2C)cc1.CCCCCC(CN)(CCC)CCCCCC(=O)NCCCCCCCCCCCC(=O)NCC(=O)N1CCC(C2CCC2)C1. The van der Waals surface area contributed by atoms with E-state index in [1.165, 1.54) is 150 Å². The molecule has 89 heavy (non-hydrogen) atoms. The predicted octanol–water partition coefficient (Wildman–Crippen LogP) is 20.5. The minimum atomic E-state index is 0.0133. The summed E-state index contributed by atoms with van der Waals surface area (Å²) in [6.07, 6.45) is 33.3. The van der Waals surface area contributed by atoms with E-state index < -0.39 is 0 Å². The Morgan fingerprint density at radius 1 is 0.798 bits per heavy atom. The number of carbonyl (C=O) groups excluding carboxylic acids is 4. The van der Waals surface area contributed by atoms with E-state index in [2.05, 4.69) is 121 Å². The highest BCUT2D eigenvalue weighted by Crippen LogP contribution is 2.42. The predicted molar refractivity (Wildman–Crippen MR) is 387 cm³/mol. The molecular weight excluding hydrogens is 1190 g/mol. The molecule has 1 saturated carbocycles. The molecule has 6 N–H and O–H groups in total. The second-order valence-corrected chi connectivity index (χ2v) is 28.2. The molecule has 2 aliphatic rings. The Hall–Kier alpha value is -4.01. The number of thioether (sulfide) groups is 1. The van der Waals surface area contributed by atoms with Crippen molar-refractivity contribution in [2.45, 2.75) is 267 Å². The van der Waals surface area contributed by atoms with Crippen LogP contribution in [0.25, 0.3) is 10.4 Å². The quantitative estimate of drug-likeness (QED) is 0.0191. The number of hydrogen-bond donors (Lipinski definition) is 4. The Balaban J connectivity index is 0.000000732. The summed E-state index contributed by atoms with van der Waals surface area (Å²) in [5.41, 5.74) is 19.2. The summed E-state index contributed by atoms with van der Waals surface area (Å²) < 4.78 is 0. The van der Waals surface area contributed by atoms with Crippen molar-refractivity contribution in [3.63, 3.8) is 0 Å². The van der Waals surface area contributed by atoms with Gasteiger partial charge in [0, 0.05) is 48.0 Å². The highest BCUT2D eigenvalue weighted by Gasteiger charge is 2.34. The molecule has 5 rings (SSSR count). The first-order valence-corrected chi connectivity index (χ1v) is 36.9. The summed E-state index contributed by atoms with van der Waals surface area (Å²) in [7, 11) is 0. The zero-order chi connectivity index (χ0) is 66.4. The van der Waals surface area contributed by atoms with Crippen LogP contribution in [-0.2, 0) is 19.2 Å². The van der Waals surface area contributed by atoms with E-state index in [4.69, 9.17) is 39.5 Å². The van der Waals surface area contributed by atoms with Crippen molar-refractivity contribution in [2.24, 2.45) is 45.5 Å². The van der Waals surface area contributed by atoms with Crippen LogP contribution in [0.5, 0.6) is 0 Å². The lowest BCUT2D eigenvalue weighted by atomic mass is 9.74. The summed E-state index contributed by atoms with van der Waals surface area (Å²) >= 11 is 15.5. The summed E-state index contributed by atoms with van der Waals surface area (Å²) in [6.45, 7) is 32.4. The van der Waals surface area contributed by atoms with Crippen molar-refractivity contribution in [3.8, 4) is 10.4 Å². The highest BCUT2D eigenvalue weighted by molar-refractivity contribution is 8.03. The molecule has 0 spiro atoms. The standard InChI is InChI=1S/C38H72N4O3.C16H20Cl2N2S.C14H17NS.C4H10.C2H4O/c1-3-5-16-26-38(32-39,25-4-2)27-17-13-15-22-35(43)40-28-18-12-10-8-6-7-9-11-14-23-36(44)41-30-37(45)42-29-24-34(31-42)33-20-19-21-33;1-5-10(3)15(16(19)20-11(4)6-2)21-13-9-7-8-12(17)14(13)18;1-4-10(2)12-5-7-13(8-6-12)14-11(3)15-9-16-14;1-4(2)3;1-2-3/h33-34H,3-32,39H2,1-2H3,(H,40,43)(H,41,44);6-10H,2,5,19H2,1,3-4H3;5-10H,4H2,1-3H3;4H,1-3H3;2H,1H3/b;16-15+,20-11-;;;. The fourth-order valence-corrected chi connectivity index (χ4v) is 13.3. The minimum absolute atomic E-state index is 0.0133. The molecule has 15 heteroatoms. The van der Waals surface area contributed by atoms with Gasteiger partial charge in [0.25, 0.3) is 0 Å². The lowest BCUT2D eigenvalue weighted by Crippen LogP contribution is -2.39. The number of halogens is 2. The second-order valence-electron chi connectivity index (χ2n) is 25.4. The van der Waals surface area contributed by atoms with Gasteiger partial charge in [-0.3, -0.25) is 14.4 Å². The van der Waals surface area contributed by atoms with Crippen LogP contribution in [0.4, 0.5) is 0 Å². The van der Waals surface area contributed by atoms with Crippen molar-refractivity contribution in [1.29, 1.82) is 0 Å². The number of nitrogens with one attached hydrogen (secondary N) is 2. The molecule has 4 atom stereocenters. The maximum Gasteiger partial charge on any atom is 0.241 e. The maximum absolute atomic E-state index is 12.4. The van der Waals surface area contributed by atoms with Crippen LogP contribution in [0.2, 0.25) is 10.0 Å². The first-order chi connectivity index (χ1) is 42.7. The summed E-state index contributed by atoms with van der Waals surface area (Å²) in [4.78, 5) is 59.4. The molecule has 11 nitrogen and oxygen atoms in total. The number of thiazole rings is 1. The topological polar surface area (TPSA) is 173 Å². The van der Waals surface area contributed by atoms with Crippen LogP contribution in [-0.4, -0.2) is 72.3 Å². The number of rotatable bonds is 37. The smallest absolute Gasteiger partial charge is 0.241 e. The second kappa shape index (κ2) is 50.5. The van der Waals surface area contributed by atoms with Crippen molar-refractivity contribution in [2.75, 3.05) is 32.7 Å². The summed E-state index contributed by atoms with van der Waals surface area (Å²) in [5, 5.41) is 7.04. The van der Waals surface area contributed by atoms with E-state index in [0.29, 0.717) is 46.0 Å². The van der Waals surface area contributed by atoms with Gasteiger partial charge >= 0.3 is 0 Å². The Morgan fingerprint density at radius 2 is 1.37 bits per heavy atom. The molecule has 0 bridgehead atoms. The van der Waals surface area contributed by atoms with Crippen LogP contribution in [0.3, 0.4) is 0 Å². The fraction of sp³-hybridized carbons (Fsp3) is 0.676. The average Bonchev–Trinajstić information content (AvgIpc) is 4.43. The fourth-order valence-electron chi connectivity index (χ4n) is 10.9. The van der Waals surface area contributed by atoms with Crippen molar-refractivity contribution in [3.05, 3.63) is 92.7 Å². The molecule has 1 aliphatic carbocycles. The summed E-state index contributed by atoms with van der Waals surface area (Å²) in [6, 6.07) is 14.5. The van der Waals surface area contributed by atoms with Gasteiger partial charge in [0.1, 0.15) is 12.1 Å². The number of aryl methyl sites for hydroxylation is 1. The van der Waals surface area contributed by atoms with Crippen LogP contribution in [0.1, 0.15) is 267 Å². The Bertz CT molecular complexity index is 2460. The normalized spacial score (nSPS) is 15.4. The van der Waals surface area contributed by atoms with Gasteiger partial charge in [-0.1, -0.05) is 237 Å². The molecule has 1 saturated heterocycles. The van der Waals surface area contributed by atoms with E-state index in [9.17, 15) is 14.4 Å². The molecule has 2 heterocycles. The van der Waals surface area contributed by atoms with Gasteiger partial charge in [-0.05, 0) is 149 Å². The lowest BCUT2D eigenvalue weighted by molar-refractivity contribution is -0.132. The third-order valence-electron chi connectivity index (χ3n) is 17.0. The first-order valence-electron chi connectivity index (χ1n) is 34.4. The zero-order valence-electron chi connectivity index (χ0n) is 57.7. The van der Waals surface area contributed by atoms with E-state index in [1.54, 1.807) is 23.5 Å². The number of carbonyl (C=O) groups is 4. The van der Waals surface area contributed by atoms with Crippen LogP contribution >= 0.6 is 46.3 Å². The number of allylic oxidation sites excluding steroid dienone is 2. The molecule has 3 aromatic rings. The Morgan fingerprint density at radius 3 is 1.89 bits per heavy atom. The zero-order valence-corrected chi connectivity index (χ0v) is 60.8. The molecule has 0 radical (unpaired) electrons. The molecule has 504 valence electrons. The minimum Gasteiger partial charge on any atom is -0.383 e. The number of aldehydes is 1. The number of nitrogens with zero attached hydrogens (tertiary/aromatic N) is 3. The number of benzene rings is 2. The third kappa shape index (κ3) is 36.1. The number of nitrogens with two attached hydrogens (primary N) is 2. The van der Waals surface area contributed by atoms with Gasteiger partial charge in [-0.15, -0.1) is 11.3 Å². The number of amides is 3. The van der Waals surface area contributed by atoms with Gasteiger partial charge in [-0.2, -0.15) is 0 Å². The molecule has 4 unspecified atom stereocenters. The maximum atomic E-state index is 12.4. The Kier molecular flexibility index (Phi) is 47.1. The molecular formula is C74H123Cl2N7O4S2. The lowest BCUT2D eigenvalue weighted by Gasteiger charge is -2.33. The van der Waals surface area contributed by atoms with Gasteiger partial charge in [0.15, 0.2) is 0 Å². The van der Waals surface area contributed by atoms with E-state index >= 15 is 0 Å². The monoisotopic (exact) mass is 1310 g/mol. The number of aromatic nitrogens is 1. The van der Waals surface area contributed by atoms with Crippen molar-refractivity contribution >= 4 is 76.0 Å². The largest absolute Gasteiger partial charge is 0.383 e. The van der Waals surface area contributed by atoms with Gasteiger partial charge in [0.05, 0.1) is 32.7 Å². The highest BCUT2D eigenvalue weighted by atomic mass is 35.5. The van der Waals surface area contributed by atoms with E-state index in [-0.39, 0.29) is 30.2 Å². The van der Waals surface area contributed by atoms with Gasteiger partial charge in [-0.25, -0.2) is 9.98 Å². The van der Waals surface area contributed by atoms with Crippen molar-refractivity contribution in [1.82, 2.24) is 20.5 Å². The number of unbranched alkanes of at least 4 members (excludes halogenated alkanes) is 12. The Labute approximate surface area is 560 Å². The first kappa shape index (κ1) is 83.0. The third-order valence-corrected chi connectivity index (χ3v) is 20.3. The van der Waals surface area contributed by atoms with Gasteiger partial charge < -0.3 is 31.8 Å². The molecule has 2 fully saturated rings. The van der Waals surface area contributed by atoms with Crippen LogP contribution < -0.4 is 22.1 Å². The van der Waals surface area contributed by atoms with Gasteiger partial charge in [0.2, 0.25) is 17.7 Å². The molecule has 3 amide bonds. The number of aliphatic imine (C=N–C) groups is 1. The molecule has 2 aromatic carbocycles. The van der Waals surface area contributed by atoms with Crippen molar-refractivity contribution < 1.29 is 19.2 Å². The molecule has 1 aromatic heterocycles. The average molecular weight is 1310 g/mol. The van der Waals surface area contributed by atoms with E-state index in [1.807, 2.05) is 29.5 Å².